The lowest BCUT2D eigenvalue weighted by Gasteiger charge is -2.37. The molecule has 2 rings (SSSR count). The lowest BCUT2D eigenvalue weighted by Crippen LogP contribution is -2.51. The summed E-state index contributed by atoms with van der Waals surface area (Å²) in [4.78, 5) is 25.0. The first-order valence-electron chi connectivity index (χ1n) is 6.91. The molecule has 1 atom stereocenters. The number of piperidine rings is 1. The van der Waals surface area contributed by atoms with E-state index in [0.717, 1.165) is 12.0 Å². The van der Waals surface area contributed by atoms with Gasteiger partial charge in [0, 0.05) is 6.54 Å². The van der Waals surface area contributed by atoms with Gasteiger partial charge in [-0.05, 0) is 31.4 Å². The van der Waals surface area contributed by atoms with Crippen LogP contribution in [0.1, 0.15) is 40.0 Å². The van der Waals surface area contributed by atoms with E-state index in [1.165, 1.54) is 24.3 Å². The Kier molecular flexibility index (Phi) is 4.73. The van der Waals surface area contributed by atoms with E-state index in [9.17, 15) is 22.8 Å². The number of hydrogen-bond donors (Lipinski definition) is 0. The predicted molar refractivity (Wildman–Crippen MR) is 72.5 cm³/mol. The molecule has 1 heterocycles. The van der Waals surface area contributed by atoms with Crippen molar-refractivity contribution in [3.05, 3.63) is 35.4 Å². The standard InChI is InChI=1S/C15H16F3NO3/c1-22-14(21)11-7-3-2-6-10(11)13(20)19-9-5-4-8-12(19)15(16,17)18/h2-3,6-7,12H,4-5,8-9H2,1H3. The van der Waals surface area contributed by atoms with Crippen molar-refractivity contribution in [2.24, 2.45) is 0 Å². The van der Waals surface area contributed by atoms with Crippen molar-refractivity contribution in [1.82, 2.24) is 4.90 Å². The molecule has 0 N–H and O–H groups in total. The number of alkyl halides is 3. The van der Waals surface area contributed by atoms with Gasteiger partial charge in [0.2, 0.25) is 0 Å². The van der Waals surface area contributed by atoms with Crippen LogP contribution in [0.2, 0.25) is 0 Å². The van der Waals surface area contributed by atoms with E-state index in [0.29, 0.717) is 12.8 Å². The summed E-state index contributed by atoms with van der Waals surface area (Å²) in [6.07, 6.45) is -3.66. The Bertz CT molecular complexity index is 571. The minimum absolute atomic E-state index is 0.0263. The monoisotopic (exact) mass is 315 g/mol. The van der Waals surface area contributed by atoms with Crippen molar-refractivity contribution in [2.45, 2.75) is 31.5 Å². The van der Waals surface area contributed by atoms with Gasteiger partial charge in [-0.15, -0.1) is 0 Å². The van der Waals surface area contributed by atoms with E-state index in [2.05, 4.69) is 4.74 Å². The van der Waals surface area contributed by atoms with Gasteiger partial charge in [-0.25, -0.2) is 4.79 Å². The van der Waals surface area contributed by atoms with E-state index in [1.54, 1.807) is 0 Å². The highest BCUT2D eigenvalue weighted by Crippen LogP contribution is 2.33. The number of rotatable bonds is 2. The summed E-state index contributed by atoms with van der Waals surface area (Å²) >= 11 is 0. The van der Waals surface area contributed by atoms with Crippen LogP contribution in [0.5, 0.6) is 0 Å². The zero-order chi connectivity index (χ0) is 16.3. The summed E-state index contributed by atoms with van der Waals surface area (Å²) in [5.41, 5.74) is -0.0907. The molecule has 0 aliphatic carbocycles. The van der Waals surface area contributed by atoms with Crippen LogP contribution in [-0.4, -0.2) is 42.6 Å². The molecule has 1 fully saturated rings. The zero-order valence-electron chi connectivity index (χ0n) is 12.0. The average Bonchev–Trinajstić information content (AvgIpc) is 2.52. The summed E-state index contributed by atoms with van der Waals surface area (Å²) < 4.78 is 43.9. The average molecular weight is 315 g/mol. The minimum Gasteiger partial charge on any atom is -0.465 e. The van der Waals surface area contributed by atoms with Gasteiger partial charge < -0.3 is 9.64 Å². The SMILES string of the molecule is COC(=O)c1ccccc1C(=O)N1CCCCC1C(F)(F)F. The number of amides is 1. The Labute approximate surface area is 125 Å². The van der Waals surface area contributed by atoms with Crippen LogP contribution in [0, 0.1) is 0 Å². The summed E-state index contributed by atoms with van der Waals surface area (Å²) in [7, 11) is 1.16. The van der Waals surface area contributed by atoms with Crippen molar-refractivity contribution < 1.29 is 27.5 Å². The lowest BCUT2D eigenvalue weighted by molar-refractivity contribution is -0.183. The Morgan fingerprint density at radius 2 is 1.82 bits per heavy atom. The Hall–Kier alpha value is -2.05. The highest BCUT2D eigenvalue weighted by molar-refractivity contribution is 6.05. The van der Waals surface area contributed by atoms with E-state index >= 15 is 0 Å². The summed E-state index contributed by atoms with van der Waals surface area (Å²) in [5.74, 6) is -1.53. The molecule has 1 aliphatic rings. The van der Waals surface area contributed by atoms with Crippen molar-refractivity contribution in [2.75, 3.05) is 13.7 Å². The highest BCUT2D eigenvalue weighted by Gasteiger charge is 2.46. The summed E-state index contributed by atoms with van der Waals surface area (Å²) in [6.45, 7) is 0.0263. The van der Waals surface area contributed by atoms with Gasteiger partial charge in [0.25, 0.3) is 5.91 Å². The molecule has 7 heteroatoms. The first-order valence-corrected chi connectivity index (χ1v) is 6.91. The second kappa shape index (κ2) is 6.37. The molecule has 1 aromatic rings. The number of benzene rings is 1. The number of carbonyl (C=O) groups is 2. The molecule has 1 aromatic carbocycles. The first-order chi connectivity index (χ1) is 10.4. The fourth-order valence-electron chi connectivity index (χ4n) is 2.63. The number of carbonyl (C=O) groups excluding carboxylic acids is 2. The smallest absolute Gasteiger partial charge is 0.408 e. The van der Waals surface area contributed by atoms with E-state index in [-0.39, 0.29) is 24.1 Å². The number of hydrogen-bond acceptors (Lipinski definition) is 3. The van der Waals surface area contributed by atoms with E-state index in [4.69, 9.17) is 0 Å². The first kappa shape index (κ1) is 16.3. The molecule has 0 spiro atoms. The Morgan fingerprint density at radius 3 is 2.41 bits per heavy atom. The van der Waals surface area contributed by atoms with Crippen molar-refractivity contribution in [1.29, 1.82) is 0 Å². The molecule has 4 nitrogen and oxygen atoms in total. The fourth-order valence-corrected chi connectivity index (χ4v) is 2.63. The highest BCUT2D eigenvalue weighted by atomic mass is 19.4. The second-order valence-corrected chi connectivity index (χ2v) is 5.09. The maximum Gasteiger partial charge on any atom is 0.408 e. The Morgan fingerprint density at radius 1 is 1.18 bits per heavy atom. The molecule has 1 unspecified atom stereocenters. The molecule has 0 saturated carbocycles. The van der Waals surface area contributed by atoms with Crippen molar-refractivity contribution in [3.63, 3.8) is 0 Å². The normalized spacial score (nSPS) is 18.9. The van der Waals surface area contributed by atoms with Crippen LogP contribution < -0.4 is 0 Å². The predicted octanol–water partition coefficient (Wildman–Crippen LogP) is 3.03. The second-order valence-electron chi connectivity index (χ2n) is 5.09. The van der Waals surface area contributed by atoms with E-state index in [1.807, 2.05) is 0 Å². The van der Waals surface area contributed by atoms with E-state index < -0.39 is 24.1 Å². The number of halogens is 3. The van der Waals surface area contributed by atoms with Crippen molar-refractivity contribution >= 4 is 11.9 Å². The number of likely N-dealkylation sites (tertiary alicyclic amines) is 1. The molecule has 1 aliphatic heterocycles. The molecule has 0 radical (unpaired) electrons. The van der Waals surface area contributed by atoms with Gasteiger partial charge in [-0.2, -0.15) is 13.2 Å². The van der Waals surface area contributed by atoms with Gasteiger partial charge in [0.1, 0.15) is 6.04 Å². The largest absolute Gasteiger partial charge is 0.465 e. The van der Waals surface area contributed by atoms with Gasteiger partial charge in [0.05, 0.1) is 18.2 Å². The summed E-state index contributed by atoms with van der Waals surface area (Å²) in [5, 5.41) is 0. The van der Waals surface area contributed by atoms with Crippen LogP contribution in [0.3, 0.4) is 0 Å². The molecule has 0 aromatic heterocycles. The van der Waals surface area contributed by atoms with Crippen LogP contribution >= 0.6 is 0 Å². The molecular formula is C15H16F3NO3. The molecule has 0 bridgehead atoms. The maximum absolute atomic E-state index is 13.1. The van der Waals surface area contributed by atoms with Gasteiger partial charge in [0.15, 0.2) is 0 Å². The fraction of sp³-hybridized carbons (Fsp3) is 0.467. The van der Waals surface area contributed by atoms with Crippen LogP contribution in [0.4, 0.5) is 13.2 Å². The summed E-state index contributed by atoms with van der Waals surface area (Å²) in [6, 6.07) is 3.94. The third-order valence-corrected chi connectivity index (χ3v) is 3.70. The van der Waals surface area contributed by atoms with Gasteiger partial charge >= 0.3 is 12.1 Å². The van der Waals surface area contributed by atoms with Gasteiger partial charge in [-0.1, -0.05) is 12.1 Å². The number of ether oxygens (including phenoxy) is 1. The van der Waals surface area contributed by atoms with Gasteiger partial charge in [-0.3, -0.25) is 4.79 Å². The quantitative estimate of drug-likeness (QED) is 0.788. The zero-order valence-corrected chi connectivity index (χ0v) is 12.0. The number of methoxy groups -OCH3 is 1. The number of esters is 1. The third-order valence-electron chi connectivity index (χ3n) is 3.70. The maximum atomic E-state index is 13.1. The molecule has 1 amide bonds. The lowest BCUT2D eigenvalue weighted by atomic mass is 9.98. The molecule has 1 saturated heterocycles. The van der Waals surface area contributed by atoms with Crippen LogP contribution in [-0.2, 0) is 4.74 Å². The van der Waals surface area contributed by atoms with Crippen LogP contribution in [0.25, 0.3) is 0 Å². The minimum atomic E-state index is -4.48. The Balaban J connectivity index is 2.36. The van der Waals surface area contributed by atoms with Crippen molar-refractivity contribution in [3.8, 4) is 0 Å². The molecule has 120 valence electrons. The third kappa shape index (κ3) is 3.23. The molecule has 22 heavy (non-hydrogen) atoms. The molecular weight excluding hydrogens is 299 g/mol. The van der Waals surface area contributed by atoms with Crippen LogP contribution in [0.15, 0.2) is 24.3 Å². The number of nitrogens with zero attached hydrogens (tertiary/aromatic N) is 1. The topological polar surface area (TPSA) is 46.6 Å².